The second kappa shape index (κ2) is 4.49. The minimum atomic E-state index is -0.871. The maximum absolute atomic E-state index is 13.7. The molecule has 0 atom stereocenters. The molecule has 1 saturated heterocycles. The number of nitrogens with zero attached hydrogens (tertiary/aromatic N) is 2. The van der Waals surface area contributed by atoms with Gasteiger partial charge in [0.1, 0.15) is 5.52 Å². The van der Waals surface area contributed by atoms with Gasteiger partial charge < -0.3 is 10.2 Å². The fraction of sp³-hybridized carbons (Fsp3) is 0.308. The lowest BCUT2D eigenvalue weighted by Crippen LogP contribution is -2.43. The maximum Gasteiger partial charge on any atom is 0.185 e. The zero-order chi connectivity index (χ0) is 12.5. The number of nitrogens with one attached hydrogen (secondary N) is 1. The van der Waals surface area contributed by atoms with E-state index >= 15 is 0 Å². The van der Waals surface area contributed by atoms with E-state index in [4.69, 9.17) is 0 Å². The molecule has 94 valence electrons. The lowest BCUT2D eigenvalue weighted by atomic mass is 10.1. The van der Waals surface area contributed by atoms with Gasteiger partial charge in [-0.2, -0.15) is 0 Å². The minimum absolute atomic E-state index is 0.103. The van der Waals surface area contributed by atoms with Crippen LogP contribution in [-0.2, 0) is 0 Å². The van der Waals surface area contributed by atoms with Gasteiger partial charge in [-0.15, -0.1) is 0 Å². The molecule has 2 aromatic rings. The monoisotopic (exact) mass is 249 g/mol. The van der Waals surface area contributed by atoms with Gasteiger partial charge in [-0.3, -0.25) is 4.98 Å². The number of hydrogen-bond donors (Lipinski definition) is 1. The summed E-state index contributed by atoms with van der Waals surface area (Å²) in [6.45, 7) is 3.51. The molecular formula is C13H13F2N3. The first-order valence-corrected chi connectivity index (χ1v) is 5.96. The van der Waals surface area contributed by atoms with Crippen molar-refractivity contribution >= 4 is 16.6 Å². The number of halogens is 2. The van der Waals surface area contributed by atoms with Crippen molar-refractivity contribution in [1.82, 2.24) is 10.3 Å². The first kappa shape index (κ1) is 11.3. The second-order valence-corrected chi connectivity index (χ2v) is 4.32. The molecule has 0 bridgehead atoms. The Bertz CT molecular complexity index is 580. The minimum Gasteiger partial charge on any atom is -0.368 e. The Labute approximate surface area is 103 Å². The maximum atomic E-state index is 13.7. The number of piperazine rings is 1. The number of rotatable bonds is 1. The van der Waals surface area contributed by atoms with E-state index < -0.39 is 11.6 Å². The molecule has 1 aliphatic rings. The molecule has 1 fully saturated rings. The van der Waals surface area contributed by atoms with E-state index in [2.05, 4.69) is 15.2 Å². The summed E-state index contributed by atoms with van der Waals surface area (Å²) in [6.07, 6.45) is 1.53. The van der Waals surface area contributed by atoms with Crippen molar-refractivity contribution in [3.05, 3.63) is 36.0 Å². The SMILES string of the molecule is Fc1ccc2c(N3CCNCC3)ccnc2c1F. The van der Waals surface area contributed by atoms with Crippen molar-refractivity contribution in [1.29, 1.82) is 0 Å². The third-order valence-electron chi connectivity index (χ3n) is 3.24. The molecule has 1 aromatic heterocycles. The van der Waals surface area contributed by atoms with E-state index in [9.17, 15) is 8.78 Å². The first-order valence-electron chi connectivity index (χ1n) is 5.96. The summed E-state index contributed by atoms with van der Waals surface area (Å²) in [5.74, 6) is -1.73. The normalized spacial score (nSPS) is 16.2. The van der Waals surface area contributed by atoms with Crippen molar-refractivity contribution in [2.75, 3.05) is 31.1 Å². The van der Waals surface area contributed by atoms with Crippen LogP contribution in [-0.4, -0.2) is 31.2 Å². The fourth-order valence-corrected chi connectivity index (χ4v) is 2.33. The van der Waals surface area contributed by atoms with Crippen LogP contribution in [0.5, 0.6) is 0 Å². The third kappa shape index (κ3) is 1.80. The number of anilines is 1. The van der Waals surface area contributed by atoms with E-state index in [0.29, 0.717) is 5.39 Å². The van der Waals surface area contributed by atoms with Crippen molar-refractivity contribution < 1.29 is 8.78 Å². The molecular weight excluding hydrogens is 236 g/mol. The average Bonchev–Trinajstić information content (AvgIpc) is 2.43. The van der Waals surface area contributed by atoms with E-state index in [1.807, 2.05) is 6.07 Å². The van der Waals surface area contributed by atoms with Crippen LogP contribution < -0.4 is 10.2 Å². The molecule has 3 nitrogen and oxygen atoms in total. The largest absolute Gasteiger partial charge is 0.368 e. The van der Waals surface area contributed by atoms with Crippen LogP contribution in [0.2, 0.25) is 0 Å². The third-order valence-corrected chi connectivity index (χ3v) is 3.24. The molecule has 0 amide bonds. The number of fused-ring (bicyclic) bond motifs is 1. The summed E-state index contributed by atoms with van der Waals surface area (Å²) in [5, 5.41) is 3.93. The summed E-state index contributed by atoms with van der Waals surface area (Å²) >= 11 is 0. The highest BCUT2D eigenvalue weighted by atomic mass is 19.2. The Morgan fingerprint density at radius 1 is 1.11 bits per heavy atom. The van der Waals surface area contributed by atoms with E-state index in [0.717, 1.165) is 37.9 Å². The van der Waals surface area contributed by atoms with Crippen LogP contribution in [0.25, 0.3) is 10.9 Å². The zero-order valence-electron chi connectivity index (χ0n) is 9.79. The van der Waals surface area contributed by atoms with Crippen molar-refractivity contribution in [3.8, 4) is 0 Å². The molecule has 1 aliphatic heterocycles. The van der Waals surface area contributed by atoms with Crippen LogP contribution in [0.3, 0.4) is 0 Å². The van der Waals surface area contributed by atoms with Gasteiger partial charge in [-0.1, -0.05) is 0 Å². The molecule has 2 heterocycles. The first-order chi connectivity index (χ1) is 8.77. The zero-order valence-corrected chi connectivity index (χ0v) is 9.79. The standard InChI is InChI=1S/C13H13F2N3/c14-10-2-1-9-11(18-7-5-16-6-8-18)3-4-17-13(9)12(10)15/h1-4,16H,5-8H2. The number of aromatic nitrogens is 1. The van der Waals surface area contributed by atoms with Gasteiger partial charge in [0.25, 0.3) is 0 Å². The molecule has 0 aliphatic carbocycles. The molecule has 0 spiro atoms. The van der Waals surface area contributed by atoms with Gasteiger partial charge in [-0.05, 0) is 18.2 Å². The Morgan fingerprint density at radius 3 is 2.67 bits per heavy atom. The molecule has 1 aromatic carbocycles. The summed E-state index contributed by atoms with van der Waals surface area (Å²) < 4.78 is 26.9. The highest BCUT2D eigenvalue weighted by Crippen LogP contribution is 2.28. The van der Waals surface area contributed by atoms with Gasteiger partial charge in [-0.25, -0.2) is 8.78 Å². The molecule has 0 saturated carbocycles. The summed E-state index contributed by atoms with van der Waals surface area (Å²) in [5.41, 5.74) is 1.02. The number of pyridine rings is 1. The van der Waals surface area contributed by atoms with Gasteiger partial charge in [0.2, 0.25) is 0 Å². The Morgan fingerprint density at radius 2 is 1.89 bits per heavy atom. The van der Waals surface area contributed by atoms with Crippen LogP contribution in [0.15, 0.2) is 24.4 Å². The van der Waals surface area contributed by atoms with E-state index in [1.165, 1.54) is 6.20 Å². The van der Waals surface area contributed by atoms with Crippen LogP contribution in [0, 0.1) is 11.6 Å². The van der Waals surface area contributed by atoms with Crippen LogP contribution in [0.1, 0.15) is 0 Å². The number of benzene rings is 1. The number of hydrogen-bond acceptors (Lipinski definition) is 3. The summed E-state index contributed by atoms with van der Waals surface area (Å²) in [6, 6.07) is 4.61. The van der Waals surface area contributed by atoms with Crippen molar-refractivity contribution in [2.24, 2.45) is 0 Å². The predicted molar refractivity (Wildman–Crippen MR) is 66.7 cm³/mol. The fourth-order valence-electron chi connectivity index (χ4n) is 2.33. The predicted octanol–water partition coefficient (Wildman–Crippen LogP) is 1.92. The Hall–Kier alpha value is -1.75. The summed E-state index contributed by atoms with van der Waals surface area (Å²) in [4.78, 5) is 6.10. The topological polar surface area (TPSA) is 28.2 Å². The van der Waals surface area contributed by atoms with Crippen LogP contribution >= 0.6 is 0 Å². The smallest absolute Gasteiger partial charge is 0.185 e. The van der Waals surface area contributed by atoms with Gasteiger partial charge in [0.05, 0.1) is 0 Å². The Kier molecular flexibility index (Phi) is 2.83. The van der Waals surface area contributed by atoms with Crippen molar-refractivity contribution in [3.63, 3.8) is 0 Å². The quantitative estimate of drug-likeness (QED) is 0.837. The van der Waals surface area contributed by atoms with Gasteiger partial charge >= 0.3 is 0 Å². The van der Waals surface area contributed by atoms with Crippen LogP contribution in [0.4, 0.5) is 14.5 Å². The molecule has 1 N–H and O–H groups in total. The van der Waals surface area contributed by atoms with Gasteiger partial charge in [0.15, 0.2) is 11.6 Å². The molecule has 3 rings (SSSR count). The molecule has 18 heavy (non-hydrogen) atoms. The van der Waals surface area contributed by atoms with E-state index in [1.54, 1.807) is 6.07 Å². The second-order valence-electron chi connectivity index (χ2n) is 4.32. The lowest BCUT2D eigenvalue weighted by Gasteiger charge is -2.30. The van der Waals surface area contributed by atoms with E-state index in [-0.39, 0.29) is 5.52 Å². The highest BCUT2D eigenvalue weighted by Gasteiger charge is 2.16. The average molecular weight is 249 g/mol. The highest BCUT2D eigenvalue weighted by molar-refractivity contribution is 5.92. The summed E-state index contributed by atoms with van der Waals surface area (Å²) in [7, 11) is 0. The molecule has 0 unspecified atom stereocenters. The Balaban J connectivity index is 2.14. The lowest BCUT2D eigenvalue weighted by molar-refractivity contribution is 0.515. The molecule has 5 heteroatoms. The van der Waals surface area contributed by atoms with Gasteiger partial charge in [0, 0.05) is 43.4 Å². The molecule has 0 radical (unpaired) electrons. The van der Waals surface area contributed by atoms with Crippen molar-refractivity contribution in [2.45, 2.75) is 0 Å².